The first kappa shape index (κ1) is 10.5. The lowest BCUT2D eigenvalue weighted by Gasteiger charge is -2.22. The second-order valence-electron chi connectivity index (χ2n) is 3.29. The van der Waals surface area contributed by atoms with Gasteiger partial charge in [-0.2, -0.15) is 0 Å². The van der Waals surface area contributed by atoms with Gasteiger partial charge < -0.3 is 10.1 Å². The fourth-order valence-electron chi connectivity index (χ4n) is 1.42. The number of nitrogens with one attached hydrogen (secondary N) is 1. The summed E-state index contributed by atoms with van der Waals surface area (Å²) in [6.45, 7) is -0.366. The van der Waals surface area contributed by atoms with Crippen molar-refractivity contribution in [2.24, 2.45) is 0 Å². The third-order valence-corrected chi connectivity index (χ3v) is 2.21. The highest BCUT2D eigenvalue weighted by Crippen LogP contribution is 2.19. The molecule has 0 unspecified atom stereocenters. The van der Waals surface area contributed by atoms with Crippen LogP contribution >= 0.6 is 0 Å². The number of hydrogen-bond acceptors (Lipinski definition) is 3. The summed E-state index contributed by atoms with van der Waals surface area (Å²) in [7, 11) is 0. The molecule has 6 heteroatoms. The van der Waals surface area contributed by atoms with E-state index in [9.17, 15) is 18.4 Å². The summed E-state index contributed by atoms with van der Waals surface area (Å²) < 4.78 is 30.0. The molecule has 1 atom stereocenters. The van der Waals surface area contributed by atoms with E-state index >= 15 is 0 Å². The Kier molecular flexibility index (Phi) is 2.55. The molecular formula is C10H7F2NO3. The van der Waals surface area contributed by atoms with E-state index in [4.69, 9.17) is 0 Å². The van der Waals surface area contributed by atoms with Crippen LogP contribution in [0.5, 0.6) is 0 Å². The van der Waals surface area contributed by atoms with Crippen LogP contribution in [0.4, 0.5) is 13.6 Å². The maximum Gasteiger partial charge on any atom is 0.408 e. The molecule has 1 aromatic carbocycles. The van der Waals surface area contributed by atoms with Gasteiger partial charge in [-0.25, -0.2) is 13.6 Å². The van der Waals surface area contributed by atoms with Crippen LogP contribution in [0.1, 0.15) is 11.6 Å². The van der Waals surface area contributed by atoms with Crippen LogP contribution in [0, 0.1) is 11.6 Å². The van der Waals surface area contributed by atoms with Gasteiger partial charge in [-0.15, -0.1) is 0 Å². The van der Waals surface area contributed by atoms with E-state index in [1.807, 2.05) is 0 Å². The van der Waals surface area contributed by atoms with Gasteiger partial charge in [0, 0.05) is 0 Å². The Morgan fingerprint density at radius 1 is 1.25 bits per heavy atom. The molecule has 1 fully saturated rings. The first-order valence-corrected chi connectivity index (χ1v) is 4.49. The predicted molar refractivity (Wildman–Crippen MR) is 48.6 cm³/mol. The third-order valence-electron chi connectivity index (χ3n) is 2.21. The van der Waals surface area contributed by atoms with Crippen molar-refractivity contribution in [3.8, 4) is 0 Å². The zero-order valence-electron chi connectivity index (χ0n) is 8.00. The van der Waals surface area contributed by atoms with Crippen molar-refractivity contribution in [2.75, 3.05) is 6.61 Å². The molecule has 0 aromatic heterocycles. The minimum Gasteiger partial charge on any atom is -0.441 e. The van der Waals surface area contributed by atoms with Crippen LogP contribution < -0.4 is 5.32 Å². The second-order valence-corrected chi connectivity index (χ2v) is 3.29. The fourth-order valence-corrected chi connectivity index (χ4v) is 1.42. The molecule has 0 spiro atoms. The lowest BCUT2D eigenvalue weighted by molar-refractivity contribution is -0.126. The van der Waals surface area contributed by atoms with Crippen molar-refractivity contribution < 1.29 is 23.1 Å². The number of halogens is 2. The van der Waals surface area contributed by atoms with Gasteiger partial charge in [0.15, 0.2) is 24.0 Å². The molecule has 1 aliphatic heterocycles. The Bertz CT molecular complexity index is 461. The van der Waals surface area contributed by atoms with Gasteiger partial charge in [0.1, 0.15) is 6.04 Å². The Balaban J connectivity index is 2.31. The highest BCUT2D eigenvalue weighted by molar-refractivity contribution is 5.93. The molecule has 1 saturated heterocycles. The number of rotatable bonds is 1. The number of Topliss-reactive ketones (excluding diaryl/α,β-unsaturated/α-hetero) is 1. The van der Waals surface area contributed by atoms with Gasteiger partial charge in [0.25, 0.3) is 0 Å². The van der Waals surface area contributed by atoms with Crippen LogP contribution in [0.25, 0.3) is 0 Å². The molecule has 0 saturated carbocycles. The van der Waals surface area contributed by atoms with E-state index in [-0.39, 0.29) is 12.2 Å². The van der Waals surface area contributed by atoms with Gasteiger partial charge >= 0.3 is 6.09 Å². The van der Waals surface area contributed by atoms with E-state index in [1.54, 1.807) is 0 Å². The van der Waals surface area contributed by atoms with Gasteiger partial charge in [-0.3, -0.25) is 4.79 Å². The summed E-state index contributed by atoms with van der Waals surface area (Å²) in [4.78, 5) is 22.3. The van der Waals surface area contributed by atoms with Crippen molar-refractivity contribution in [3.63, 3.8) is 0 Å². The summed E-state index contributed by atoms with van der Waals surface area (Å²) >= 11 is 0. The minimum absolute atomic E-state index is 0.195. The number of ether oxygens (including phenoxy) is 1. The smallest absolute Gasteiger partial charge is 0.408 e. The molecule has 1 aromatic rings. The number of hydrogen-bond donors (Lipinski definition) is 1. The molecule has 1 N–H and O–H groups in total. The lowest BCUT2D eigenvalue weighted by Crippen LogP contribution is -2.42. The molecule has 0 bridgehead atoms. The van der Waals surface area contributed by atoms with Crippen LogP contribution in [0.3, 0.4) is 0 Å². The van der Waals surface area contributed by atoms with Crippen LogP contribution in [0.15, 0.2) is 18.2 Å². The minimum atomic E-state index is -1.06. The monoisotopic (exact) mass is 227 g/mol. The molecule has 0 aliphatic carbocycles. The van der Waals surface area contributed by atoms with E-state index in [2.05, 4.69) is 10.1 Å². The number of carbonyl (C=O) groups excluding carboxylic acids is 2. The average Bonchev–Trinajstić information content (AvgIpc) is 2.26. The number of ketones is 1. The van der Waals surface area contributed by atoms with Gasteiger partial charge in [0.2, 0.25) is 0 Å². The number of cyclic esters (lactones) is 1. The summed E-state index contributed by atoms with van der Waals surface area (Å²) in [6.07, 6.45) is -0.755. The fraction of sp³-hybridized carbons (Fsp3) is 0.200. The van der Waals surface area contributed by atoms with Crippen LogP contribution in [0.2, 0.25) is 0 Å². The molecule has 2 rings (SSSR count). The maximum absolute atomic E-state index is 12.9. The van der Waals surface area contributed by atoms with Gasteiger partial charge in [-0.05, 0) is 17.7 Å². The number of benzene rings is 1. The molecule has 16 heavy (non-hydrogen) atoms. The largest absolute Gasteiger partial charge is 0.441 e. The van der Waals surface area contributed by atoms with Crippen LogP contribution in [-0.2, 0) is 9.53 Å². The first-order chi connectivity index (χ1) is 7.58. The zero-order chi connectivity index (χ0) is 11.7. The summed E-state index contributed by atoms with van der Waals surface area (Å²) in [6, 6.07) is 2.05. The summed E-state index contributed by atoms with van der Waals surface area (Å²) in [5.41, 5.74) is 0.195. The standard InChI is InChI=1S/C10H7F2NO3/c11-6-2-1-5(3-7(6)12)9-8(14)4-16-10(15)13-9/h1-3,9H,4H2,(H,13,15)/t9-/m0/s1. The Hall–Kier alpha value is -1.98. The normalized spacial score (nSPS) is 20.2. The lowest BCUT2D eigenvalue weighted by atomic mass is 10.0. The predicted octanol–water partition coefficient (Wildman–Crippen LogP) is 1.31. The molecule has 0 radical (unpaired) electrons. The summed E-state index contributed by atoms with van der Waals surface area (Å²) in [5.74, 6) is -2.48. The second kappa shape index (κ2) is 3.88. The number of alkyl carbamates (subject to hydrolysis) is 1. The van der Waals surface area contributed by atoms with Crippen molar-refractivity contribution in [1.29, 1.82) is 0 Å². The van der Waals surface area contributed by atoms with Crippen molar-refractivity contribution in [2.45, 2.75) is 6.04 Å². The average molecular weight is 227 g/mol. The van der Waals surface area contributed by atoms with Crippen molar-refractivity contribution in [3.05, 3.63) is 35.4 Å². The molecular weight excluding hydrogens is 220 g/mol. The van der Waals surface area contributed by atoms with E-state index in [0.717, 1.165) is 12.1 Å². The Labute approximate surface area is 89.2 Å². The third kappa shape index (κ3) is 1.86. The molecule has 1 amide bonds. The maximum atomic E-state index is 12.9. The molecule has 84 valence electrons. The molecule has 1 heterocycles. The zero-order valence-corrected chi connectivity index (χ0v) is 8.00. The van der Waals surface area contributed by atoms with E-state index < -0.39 is 29.6 Å². The highest BCUT2D eigenvalue weighted by Gasteiger charge is 2.29. The Morgan fingerprint density at radius 2 is 2.00 bits per heavy atom. The number of amides is 1. The first-order valence-electron chi connectivity index (χ1n) is 4.49. The van der Waals surface area contributed by atoms with Crippen molar-refractivity contribution in [1.82, 2.24) is 5.32 Å². The van der Waals surface area contributed by atoms with E-state index in [0.29, 0.717) is 0 Å². The molecule has 1 aliphatic rings. The highest BCUT2D eigenvalue weighted by atomic mass is 19.2. The SMILES string of the molecule is O=C1N[C@@H](c2ccc(F)c(F)c2)C(=O)CO1. The van der Waals surface area contributed by atoms with Gasteiger partial charge in [-0.1, -0.05) is 6.07 Å². The van der Waals surface area contributed by atoms with Crippen molar-refractivity contribution >= 4 is 11.9 Å². The topological polar surface area (TPSA) is 55.4 Å². The van der Waals surface area contributed by atoms with Crippen LogP contribution in [-0.4, -0.2) is 18.5 Å². The van der Waals surface area contributed by atoms with Gasteiger partial charge in [0.05, 0.1) is 0 Å². The van der Waals surface area contributed by atoms with E-state index in [1.165, 1.54) is 6.07 Å². The quantitative estimate of drug-likeness (QED) is 0.787. The number of carbonyl (C=O) groups is 2. The Morgan fingerprint density at radius 3 is 2.69 bits per heavy atom. The molecule has 4 nitrogen and oxygen atoms in total. The summed E-state index contributed by atoms with van der Waals surface area (Å²) in [5, 5.41) is 2.23.